The number of esters is 1. The van der Waals surface area contributed by atoms with Gasteiger partial charge in [-0.15, -0.1) is 0 Å². The van der Waals surface area contributed by atoms with Gasteiger partial charge in [0.1, 0.15) is 5.52 Å². The summed E-state index contributed by atoms with van der Waals surface area (Å²) in [5, 5.41) is 0. The second-order valence-electron chi connectivity index (χ2n) is 3.39. The number of rotatable bonds is 2. The Morgan fingerprint density at radius 3 is 3.07 bits per heavy atom. The molecule has 0 aromatic carbocycles. The minimum absolute atomic E-state index is 0.237. The highest BCUT2D eigenvalue weighted by molar-refractivity contribution is 5.67. The highest BCUT2D eigenvalue weighted by Gasteiger charge is 2.14. The highest BCUT2D eigenvalue weighted by atomic mass is 16.5. The molecular formula is C11H13N2O2+. The Hall–Kier alpha value is -1.84. The Bertz CT molecular complexity index is 502. The van der Waals surface area contributed by atoms with E-state index in [9.17, 15) is 4.79 Å². The van der Waals surface area contributed by atoms with E-state index in [1.807, 2.05) is 46.6 Å². The molecule has 0 saturated carbocycles. The van der Waals surface area contributed by atoms with E-state index in [0.29, 0.717) is 0 Å². The van der Waals surface area contributed by atoms with Crippen molar-refractivity contribution in [3.05, 3.63) is 36.4 Å². The first kappa shape index (κ1) is 9.71. The van der Waals surface area contributed by atoms with Crippen LogP contribution in [0.15, 0.2) is 30.7 Å². The van der Waals surface area contributed by atoms with Crippen LogP contribution in [0, 0.1) is 6.92 Å². The van der Waals surface area contributed by atoms with Crippen molar-refractivity contribution in [1.29, 1.82) is 0 Å². The number of hydrogen-bond donors (Lipinski definition) is 0. The van der Waals surface area contributed by atoms with Crippen molar-refractivity contribution in [3.8, 4) is 0 Å². The van der Waals surface area contributed by atoms with Crippen molar-refractivity contribution in [2.45, 2.75) is 13.5 Å². The molecule has 0 fully saturated rings. The van der Waals surface area contributed by atoms with Crippen LogP contribution in [-0.2, 0) is 16.1 Å². The maximum atomic E-state index is 11.2. The predicted octanol–water partition coefficient (Wildman–Crippen LogP) is 0.708. The number of fused-ring (bicyclic) bond motifs is 1. The van der Waals surface area contributed by atoms with Gasteiger partial charge in [0, 0.05) is 13.1 Å². The van der Waals surface area contributed by atoms with E-state index >= 15 is 0 Å². The third-order valence-corrected chi connectivity index (χ3v) is 2.51. The average Bonchev–Trinajstić information content (AvgIpc) is 2.70. The van der Waals surface area contributed by atoms with Crippen LogP contribution >= 0.6 is 0 Å². The van der Waals surface area contributed by atoms with E-state index in [4.69, 9.17) is 0 Å². The second-order valence-corrected chi connectivity index (χ2v) is 3.39. The number of methoxy groups -OCH3 is 1. The number of aryl methyl sites for hydroxylation is 1. The van der Waals surface area contributed by atoms with Crippen molar-refractivity contribution in [2.24, 2.45) is 0 Å². The molecule has 15 heavy (non-hydrogen) atoms. The van der Waals surface area contributed by atoms with Crippen molar-refractivity contribution >= 4 is 11.5 Å². The summed E-state index contributed by atoms with van der Waals surface area (Å²) in [4.78, 5) is 11.2. The van der Waals surface area contributed by atoms with Gasteiger partial charge in [0.25, 0.3) is 0 Å². The third-order valence-electron chi connectivity index (χ3n) is 2.51. The van der Waals surface area contributed by atoms with Crippen LogP contribution in [-0.4, -0.2) is 17.5 Å². The Morgan fingerprint density at radius 2 is 2.33 bits per heavy atom. The highest BCUT2D eigenvalue weighted by Crippen LogP contribution is 2.05. The fourth-order valence-electron chi connectivity index (χ4n) is 1.62. The van der Waals surface area contributed by atoms with Gasteiger partial charge in [-0.2, -0.15) is 4.57 Å². The second kappa shape index (κ2) is 3.73. The van der Waals surface area contributed by atoms with Crippen LogP contribution in [0.2, 0.25) is 0 Å². The monoisotopic (exact) mass is 205 g/mol. The summed E-state index contributed by atoms with van der Waals surface area (Å²) in [6.07, 6.45) is 5.77. The predicted molar refractivity (Wildman–Crippen MR) is 54.3 cm³/mol. The van der Waals surface area contributed by atoms with Crippen LogP contribution in [0.5, 0.6) is 0 Å². The first-order chi connectivity index (χ1) is 7.22. The minimum Gasteiger partial charge on any atom is -0.464 e. The number of carbonyl (C=O) groups excluding carboxylic acids is 1. The lowest BCUT2D eigenvalue weighted by Crippen LogP contribution is -2.41. The molecule has 0 unspecified atom stereocenters. The van der Waals surface area contributed by atoms with Gasteiger partial charge in [-0.3, -0.25) is 0 Å². The summed E-state index contributed by atoms with van der Waals surface area (Å²) in [6.45, 7) is 2.24. The Kier molecular flexibility index (Phi) is 2.41. The first-order valence-corrected chi connectivity index (χ1v) is 4.75. The largest absolute Gasteiger partial charge is 0.464 e. The van der Waals surface area contributed by atoms with E-state index < -0.39 is 0 Å². The molecule has 0 aliphatic rings. The van der Waals surface area contributed by atoms with Gasteiger partial charge in [-0.25, -0.2) is 4.79 Å². The smallest absolute Gasteiger partial charge is 0.372 e. The molecule has 2 aromatic heterocycles. The van der Waals surface area contributed by atoms with Crippen LogP contribution in [0.25, 0.3) is 5.52 Å². The summed E-state index contributed by atoms with van der Waals surface area (Å²) in [5.74, 6) is -0.237. The van der Waals surface area contributed by atoms with E-state index in [2.05, 4.69) is 4.74 Å². The zero-order chi connectivity index (χ0) is 10.8. The Balaban J connectivity index is 2.43. The van der Waals surface area contributed by atoms with Crippen molar-refractivity contribution in [3.63, 3.8) is 0 Å². The topological polar surface area (TPSA) is 34.6 Å². The van der Waals surface area contributed by atoms with Crippen LogP contribution in [0.1, 0.15) is 5.69 Å². The molecule has 0 radical (unpaired) electrons. The zero-order valence-corrected chi connectivity index (χ0v) is 8.80. The quantitative estimate of drug-likeness (QED) is 0.534. The molecule has 0 N–H and O–H groups in total. The van der Waals surface area contributed by atoms with Gasteiger partial charge < -0.3 is 9.14 Å². The van der Waals surface area contributed by atoms with E-state index in [1.165, 1.54) is 7.11 Å². The molecule has 2 heterocycles. The van der Waals surface area contributed by atoms with Crippen LogP contribution in [0.3, 0.4) is 0 Å². The number of ether oxygens (including phenoxy) is 1. The third kappa shape index (κ3) is 1.70. The summed E-state index contributed by atoms with van der Waals surface area (Å²) < 4.78 is 8.53. The molecule has 0 bridgehead atoms. The molecular weight excluding hydrogens is 192 g/mol. The maximum absolute atomic E-state index is 11.2. The summed E-state index contributed by atoms with van der Waals surface area (Å²) in [5.41, 5.74) is 2.15. The molecule has 0 spiro atoms. The molecule has 0 amide bonds. The maximum Gasteiger partial charge on any atom is 0.372 e. The Labute approximate surface area is 87.7 Å². The normalized spacial score (nSPS) is 10.5. The lowest BCUT2D eigenvalue weighted by Gasteiger charge is -2.01. The molecule has 2 rings (SSSR count). The summed E-state index contributed by atoms with van der Waals surface area (Å²) in [6, 6.07) is 3.99. The van der Waals surface area contributed by atoms with Gasteiger partial charge in [0.15, 0.2) is 6.20 Å². The van der Waals surface area contributed by atoms with Crippen molar-refractivity contribution in [1.82, 2.24) is 4.40 Å². The number of nitrogens with zero attached hydrogens (tertiary/aromatic N) is 2. The zero-order valence-electron chi connectivity index (χ0n) is 8.80. The van der Waals surface area contributed by atoms with Crippen LogP contribution in [0.4, 0.5) is 0 Å². The Morgan fingerprint density at radius 1 is 1.53 bits per heavy atom. The van der Waals surface area contributed by atoms with Crippen molar-refractivity contribution < 1.29 is 14.1 Å². The van der Waals surface area contributed by atoms with E-state index in [-0.39, 0.29) is 12.5 Å². The average molecular weight is 205 g/mol. The van der Waals surface area contributed by atoms with Gasteiger partial charge in [-0.1, -0.05) is 0 Å². The van der Waals surface area contributed by atoms with Crippen LogP contribution < -0.4 is 4.57 Å². The lowest BCUT2D eigenvalue weighted by molar-refractivity contribution is -0.691. The fraction of sp³-hybridized carbons (Fsp3) is 0.273. The number of aromatic nitrogens is 2. The molecule has 0 aliphatic carbocycles. The van der Waals surface area contributed by atoms with Gasteiger partial charge in [-0.05, 0) is 12.1 Å². The molecule has 78 valence electrons. The molecule has 4 heteroatoms. The first-order valence-electron chi connectivity index (χ1n) is 4.75. The SMILES string of the molecule is COC(=O)C[n+]1ccn2cccc2c1C. The molecule has 2 aromatic rings. The number of carbonyl (C=O) groups is 1. The fourth-order valence-corrected chi connectivity index (χ4v) is 1.62. The minimum atomic E-state index is -0.237. The molecule has 0 atom stereocenters. The van der Waals surface area contributed by atoms with E-state index in [0.717, 1.165) is 11.2 Å². The number of hydrogen-bond acceptors (Lipinski definition) is 2. The van der Waals surface area contributed by atoms with E-state index in [1.54, 1.807) is 0 Å². The lowest BCUT2D eigenvalue weighted by atomic mass is 10.3. The van der Waals surface area contributed by atoms with Crippen molar-refractivity contribution in [2.75, 3.05) is 7.11 Å². The molecule has 0 aliphatic heterocycles. The van der Waals surface area contributed by atoms with Gasteiger partial charge in [0.2, 0.25) is 12.2 Å². The van der Waals surface area contributed by atoms with Gasteiger partial charge >= 0.3 is 5.97 Å². The molecule has 4 nitrogen and oxygen atoms in total. The summed E-state index contributed by atoms with van der Waals surface area (Å²) in [7, 11) is 1.40. The summed E-state index contributed by atoms with van der Waals surface area (Å²) >= 11 is 0. The standard InChI is InChI=1S/C11H13N2O2/c1-9-10-4-3-5-12(10)6-7-13(9)8-11(14)15-2/h3-7H,8H2,1-2H3/q+1. The molecule has 0 saturated heterocycles. The van der Waals surface area contributed by atoms with Gasteiger partial charge in [0.05, 0.1) is 13.3 Å².